The number of hydrogen-bond donors (Lipinski definition) is 1. The number of fused-ring (bicyclic) bond motifs is 3. The van der Waals surface area contributed by atoms with E-state index in [2.05, 4.69) is 9.97 Å². The molecule has 2 fully saturated rings. The molecule has 2 aliphatic rings. The molecule has 0 amide bonds. The Kier molecular flexibility index (Phi) is 5.62. The van der Waals surface area contributed by atoms with Crippen LogP contribution < -0.4 is 5.73 Å². The smallest absolute Gasteiger partial charge is 0.230 e. The quantitative estimate of drug-likeness (QED) is 0.383. The van der Waals surface area contributed by atoms with Gasteiger partial charge in [0.05, 0.1) is 29.3 Å². The van der Waals surface area contributed by atoms with Crippen molar-refractivity contribution in [1.29, 1.82) is 0 Å². The lowest BCUT2D eigenvalue weighted by atomic mass is 10.0. The molecule has 4 heterocycles. The molecule has 2 aromatic heterocycles. The summed E-state index contributed by atoms with van der Waals surface area (Å²) < 4.78 is 25.6. The minimum Gasteiger partial charge on any atom is -0.438 e. The van der Waals surface area contributed by atoms with Crippen LogP contribution in [0, 0.1) is 5.82 Å². The van der Waals surface area contributed by atoms with E-state index in [1.165, 1.54) is 18.5 Å². The first-order valence-electron chi connectivity index (χ1n) is 11.9. The molecule has 6 nitrogen and oxygen atoms in total. The number of aliphatic imine (C=N–C) groups is 1. The van der Waals surface area contributed by atoms with E-state index in [1.54, 1.807) is 12.1 Å². The third-order valence-electron chi connectivity index (χ3n) is 6.77. The fourth-order valence-electron chi connectivity index (χ4n) is 4.99. The van der Waals surface area contributed by atoms with Gasteiger partial charge in [-0.1, -0.05) is 30.3 Å². The summed E-state index contributed by atoms with van der Waals surface area (Å²) in [5.74, 6) is 0.376. The minimum atomic E-state index is -0.318. The number of nitrogens with two attached hydrogens (primary N) is 1. The summed E-state index contributed by atoms with van der Waals surface area (Å²) in [7, 11) is 0. The largest absolute Gasteiger partial charge is 0.438 e. The molecule has 6 rings (SSSR count). The van der Waals surface area contributed by atoms with E-state index in [4.69, 9.17) is 19.9 Å². The van der Waals surface area contributed by atoms with Crippen molar-refractivity contribution in [1.82, 2.24) is 9.97 Å². The zero-order chi connectivity index (χ0) is 23.8. The van der Waals surface area contributed by atoms with Gasteiger partial charge in [0.2, 0.25) is 5.71 Å². The van der Waals surface area contributed by atoms with Gasteiger partial charge >= 0.3 is 0 Å². The number of hydrogen-bond acceptors (Lipinski definition) is 6. The van der Waals surface area contributed by atoms with Crippen molar-refractivity contribution in [3.8, 4) is 11.3 Å². The highest BCUT2D eigenvalue weighted by atomic mass is 19.1. The second kappa shape index (κ2) is 9.07. The molecule has 7 heteroatoms. The van der Waals surface area contributed by atoms with E-state index in [-0.39, 0.29) is 24.1 Å². The monoisotopic (exact) mass is 468 g/mol. The van der Waals surface area contributed by atoms with Crippen LogP contribution in [0.3, 0.4) is 0 Å². The molecule has 35 heavy (non-hydrogen) atoms. The predicted molar refractivity (Wildman–Crippen MR) is 134 cm³/mol. The molecule has 2 bridgehead atoms. The lowest BCUT2D eigenvalue weighted by Gasteiger charge is -2.25. The first-order valence-corrected chi connectivity index (χ1v) is 11.9. The fraction of sp³-hybridized carbons (Fsp3) is 0.250. The second-order valence-electron chi connectivity index (χ2n) is 9.11. The number of nitrogens with zero attached hydrogens (tertiary/aromatic N) is 3. The van der Waals surface area contributed by atoms with Gasteiger partial charge in [-0.3, -0.25) is 4.99 Å². The van der Waals surface area contributed by atoms with Gasteiger partial charge in [-0.15, -0.1) is 0 Å². The van der Waals surface area contributed by atoms with Crippen LogP contribution in [0.1, 0.15) is 36.9 Å². The molecule has 0 saturated carbocycles. The topological polar surface area (TPSA) is 86.5 Å². The lowest BCUT2D eigenvalue weighted by Crippen LogP contribution is -2.27. The van der Waals surface area contributed by atoms with Crippen molar-refractivity contribution >= 4 is 28.6 Å². The van der Waals surface area contributed by atoms with Gasteiger partial charge in [0.1, 0.15) is 17.9 Å². The first-order chi connectivity index (χ1) is 17.1. The van der Waals surface area contributed by atoms with Gasteiger partial charge < -0.3 is 14.9 Å². The molecule has 0 radical (unpaired) electrons. The summed E-state index contributed by atoms with van der Waals surface area (Å²) in [4.78, 5) is 13.9. The number of rotatable bonds is 5. The highest BCUT2D eigenvalue weighted by Crippen LogP contribution is 2.35. The van der Waals surface area contributed by atoms with Gasteiger partial charge in [-0.2, -0.15) is 0 Å². The highest BCUT2D eigenvalue weighted by Gasteiger charge is 2.34. The number of aromatic nitrogens is 2. The molecule has 4 aromatic rings. The standard InChI is InChI=1S/C28H25FN4O2/c29-19-8-6-18(7-9-19)26(30)24(15-31-20-12-21-10-11-22(13-20)34-21)27-23-14-25(17-4-2-1-3-5-17)35-28(23)33-16-32-27/h1-9,14-16,20-22H,10-13,30H2/b26-24+,31-15?/t20?,21-,22+. The van der Waals surface area contributed by atoms with Crippen molar-refractivity contribution in [3.05, 3.63) is 84.1 Å². The van der Waals surface area contributed by atoms with Gasteiger partial charge in [-0.05, 0) is 61.6 Å². The Morgan fingerprint density at radius 1 is 1.00 bits per heavy atom. The van der Waals surface area contributed by atoms with E-state index >= 15 is 0 Å². The van der Waals surface area contributed by atoms with Crippen LogP contribution in [0.4, 0.5) is 4.39 Å². The highest BCUT2D eigenvalue weighted by molar-refractivity contribution is 6.21. The second-order valence-corrected chi connectivity index (χ2v) is 9.11. The van der Waals surface area contributed by atoms with Crippen LogP contribution in [0.2, 0.25) is 0 Å². The maximum atomic E-state index is 13.6. The average Bonchev–Trinajstić information content (AvgIpc) is 3.48. The van der Waals surface area contributed by atoms with Crippen molar-refractivity contribution in [3.63, 3.8) is 0 Å². The van der Waals surface area contributed by atoms with Crippen molar-refractivity contribution in [2.75, 3.05) is 0 Å². The zero-order valence-corrected chi connectivity index (χ0v) is 19.1. The molecule has 0 spiro atoms. The first kappa shape index (κ1) is 21.7. The molecule has 1 unspecified atom stereocenters. The van der Waals surface area contributed by atoms with E-state index in [1.807, 2.05) is 42.6 Å². The molecular weight excluding hydrogens is 443 g/mol. The third kappa shape index (κ3) is 4.35. The molecule has 176 valence electrons. The number of furan rings is 1. The summed E-state index contributed by atoms with van der Waals surface area (Å²) in [5, 5.41) is 0.741. The lowest BCUT2D eigenvalue weighted by molar-refractivity contribution is -0.00188. The van der Waals surface area contributed by atoms with Gasteiger partial charge in [0, 0.05) is 23.0 Å². The normalized spacial score (nSPS) is 22.6. The summed E-state index contributed by atoms with van der Waals surface area (Å²) in [6.45, 7) is 0. The Morgan fingerprint density at radius 3 is 2.49 bits per heavy atom. The van der Waals surface area contributed by atoms with Crippen molar-refractivity contribution in [2.45, 2.75) is 43.9 Å². The summed E-state index contributed by atoms with van der Waals surface area (Å²) >= 11 is 0. The molecule has 2 aliphatic heterocycles. The van der Waals surface area contributed by atoms with Crippen LogP contribution in [-0.2, 0) is 4.74 Å². The number of ether oxygens (including phenoxy) is 1. The maximum Gasteiger partial charge on any atom is 0.230 e. The maximum absolute atomic E-state index is 13.6. The Bertz CT molecular complexity index is 1400. The minimum absolute atomic E-state index is 0.166. The van der Waals surface area contributed by atoms with E-state index in [9.17, 15) is 4.39 Å². The third-order valence-corrected chi connectivity index (χ3v) is 6.77. The SMILES string of the molecule is N/C(=C(\C=NC1C[C@H]2CC[C@@H](C1)O2)c1ncnc2oc(-c3ccccc3)cc12)c1ccc(F)cc1. The Balaban J connectivity index is 1.45. The Labute approximate surface area is 202 Å². The molecule has 2 saturated heterocycles. The molecular formula is C28H25FN4O2. The molecule has 2 aromatic carbocycles. The zero-order valence-electron chi connectivity index (χ0n) is 19.1. The van der Waals surface area contributed by atoms with Gasteiger partial charge in [0.15, 0.2) is 0 Å². The van der Waals surface area contributed by atoms with E-state index < -0.39 is 0 Å². The summed E-state index contributed by atoms with van der Waals surface area (Å²) in [6, 6.07) is 18.1. The van der Waals surface area contributed by atoms with Crippen LogP contribution in [0.15, 0.2) is 76.4 Å². The molecule has 0 aliphatic carbocycles. The molecule has 3 atom stereocenters. The fourth-order valence-corrected chi connectivity index (χ4v) is 4.99. The van der Waals surface area contributed by atoms with Gasteiger partial charge in [0.25, 0.3) is 0 Å². The van der Waals surface area contributed by atoms with Crippen LogP contribution in [0.5, 0.6) is 0 Å². The van der Waals surface area contributed by atoms with E-state index in [0.29, 0.717) is 34.0 Å². The summed E-state index contributed by atoms with van der Waals surface area (Å²) in [6.07, 6.45) is 7.85. The van der Waals surface area contributed by atoms with Crippen LogP contribution in [0.25, 0.3) is 33.7 Å². The van der Waals surface area contributed by atoms with Crippen molar-refractivity contribution < 1.29 is 13.5 Å². The predicted octanol–water partition coefficient (Wildman–Crippen LogP) is 5.64. The molecule has 2 N–H and O–H groups in total. The van der Waals surface area contributed by atoms with Crippen molar-refractivity contribution in [2.24, 2.45) is 10.7 Å². The summed E-state index contributed by atoms with van der Waals surface area (Å²) in [5.41, 5.74) is 10.5. The van der Waals surface area contributed by atoms with Gasteiger partial charge in [-0.25, -0.2) is 14.4 Å². The number of allylic oxidation sites excluding steroid dienone is 1. The Hall–Kier alpha value is -3.84. The number of benzene rings is 2. The van der Waals surface area contributed by atoms with Crippen LogP contribution in [-0.4, -0.2) is 34.4 Å². The number of halogens is 1. The van der Waals surface area contributed by atoms with E-state index in [0.717, 1.165) is 36.6 Å². The Morgan fingerprint density at radius 2 is 1.74 bits per heavy atom. The van der Waals surface area contributed by atoms with Crippen LogP contribution >= 0.6 is 0 Å². The average molecular weight is 469 g/mol.